The Balaban J connectivity index is 2.07. The summed E-state index contributed by atoms with van der Waals surface area (Å²) in [5.74, 6) is -0.141. The second-order valence-corrected chi connectivity index (χ2v) is 8.40. The summed E-state index contributed by atoms with van der Waals surface area (Å²) in [5.41, 5.74) is 1.27. The minimum atomic E-state index is -0.706. The summed E-state index contributed by atoms with van der Waals surface area (Å²) in [6.45, 7) is 11.8. The maximum atomic E-state index is 13.2. The van der Waals surface area contributed by atoms with E-state index < -0.39 is 17.7 Å². The minimum absolute atomic E-state index is 0.0892. The number of hydrogen-bond donors (Lipinski definition) is 1. The molecule has 1 aliphatic rings. The van der Waals surface area contributed by atoms with Crippen LogP contribution in [0.25, 0.3) is 5.76 Å². The van der Waals surface area contributed by atoms with Crippen molar-refractivity contribution < 1.29 is 24.2 Å². The second-order valence-electron chi connectivity index (χ2n) is 8.40. The molecule has 35 heavy (non-hydrogen) atoms. The molecule has 0 unspecified atom stereocenters. The number of carbonyl (C=O) groups excluding carboxylic acids is 2. The normalized spacial score (nSPS) is 17.3. The van der Waals surface area contributed by atoms with Gasteiger partial charge in [-0.1, -0.05) is 32.9 Å². The van der Waals surface area contributed by atoms with E-state index in [1.165, 1.54) is 0 Å². The highest BCUT2D eigenvalue weighted by molar-refractivity contribution is 6.46. The maximum Gasteiger partial charge on any atom is 0.295 e. The summed E-state index contributed by atoms with van der Waals surface area (Å²) >= 11 is 0. The van der Waals surface area contributed by atoms with Crippen molar-refractivity contribution in [3.63, 3.8) is 0 Å². The third kappa shape index (κ3) is 6.03. The largest absolute Gasteiger partial charge is 0.507 e. The van der Waals surface area contributed by atoms with Crippen LogP contribution in [0.2, 0.25) is 0 Å². The van der Waals surface area contributed by atoms with Gasteiger partial charge in [0.1, 0.15) is 17.3 Å². The number of nitrogens with zero attached hydrogens (tertiary/aromatic N) is 2. The lowest BCUT2D eigenvalue weighted by molar-refractivity contribution is -0.140. The molecule has 1 fully saturated rings. The van der Waals surface area contributed by atoms with Crippen molar-refractivity contribution in [1.82, 2.24) is 9.80 Å². The van der Waals surface area contributed by atoms with Gasteiger partial charge in [-0.15, -0.1) is 0 Å². The van der Waals surface area contributed by atoms with E-state index in [1.807, 2.05) is 38.1 Å². The van der Waals surface area contributed by atoms with Crippen LogP contribution in [-0.2, 0) is 9.59 Å². The Bertz CT molecular complexity index is 1040. The van der Waals surface area contributed by atoms with Crippen molar-refractivity contribution in [1.29, 1.82) is 0 Å². The van der Waals surface area contributed by atoms with E-state index in [0.717, 1.165) is 25.1 Å². The van der Waals surface area contributed by atoms with Crippen LogP contribution in [0.4, 0.5) is 0 Å². The van der Waals surface area contributed by atoms with Gasteiger partial charge in [0.05, 0.1) is 24.8 Å². The zero-order valence-corrected chi connectivity index (χ0v) is 21.1. The van der Waals surface area contributed by atoms with E-state index in [1.54, 1.807) is 29.2 Å². The van der Waals surface area contributed by atoms with Crippen molar-refractivity contribution in [3.8, 4) is 11.5 Å². The van der Waals surface area contributed by atoms with Gasteiger partial charge in [0.2, 0.25) is 0 Å². The van der Waals surface area contributed by atoms with Crippen molar-refractivity contribution >= 4 is 17.4 Å². The molecule has 1 saturated heterocycles. The number of rotatable bonds is 12. The Labute approximate surface area is 207 Å². The Kier molecular flexibility index (Phi) is 9.32. The molecule has 0 aromatic heterocycles. The molecule has 0 radical (unpaired) electrons. The standard InChI is InChI=1S/C28H36N2O5/c1-5-18-35-23-11-9-10-21(19-23)25-24(26(31)20-12-14-22(15-13-20)34-8-4)27(32)28(33)30(25)17-16-29(6-2)7-3/h9-15,19,25,31H,5-8,16-18H2,1-4H3/t25-/m1/s1. The van der Waals surface area contributed by atoms with Crippen LogP contribution < -0.4 is 9.47 Å². The molecule has 7 nitrogen and oxygen atoms in total. The number of aliphatic hydroxyl groups is 1. The number of Topliss-reactive ketones (excluding diaryl/α,β-unsaturated/α-hetero) is 1. The maximum absolute atomic E-state index is 13.2. The first-order valence-electron chi connectivity index (χ1n) is 12.4. The molecule has 0 saturated carbocycles. The summed E-state index contributed by atoms with van der Waals surface area (Å²) in [7, 11) is 0. The highest BCUT2D eigenvalue weighted by atomic mass is 16.5. The summed E-state index contributed by atoms with van der Waals surface area (Å²) in [5, 5.41) is 11.3. The van der Waals surface area contributed by atoms with E-state index in [-0.39, 0.29) is 11.3 Å². The summed E-state index contributed by atoms with van der Waals surface area (Å²) in [6.07, 6.45) is 0.865. The molecule has 0 spiro atoms. The van der Waals surface area contributed by atoms with Crippen LogP contribution in [0.1, 0.15) is 51.3 Å². The number of benzene rings is 2. The average molecular weight is 481 g/mol. The number of hydrogen-bond acceptors (Lipinski definition) is 6. The molecule has 7 heteroatoms. The van der Waals surface area contributed by atoms with Gasteiger partial charge < -0.3 is 24.4 Å². The molecule has 1 N–H and O–H groups in total. The Morgan fingerprint density at radius 3 is 2.31 bits per heavy atom. The van der Waals surface area contributed by atoms with E-state index in [2.05, 4.69) is 18.7 Å². The number of likely N-dealkylation sites (tertiary alicyclic amines) is 1. The lowest BCUT2D eigenvalue weighted by Gasteiger charge is -2.28. The van der Waals surface area contributed by atoms with E-state index in [4.69, 9.17) is 9.47 Å². The predicted molar refractivity (Wildman–Crippen MR) is 137 cm³/mol. The van der Waals surface area contributed by atoms with E-state index in [9.17, 15) is 14.7 Å². The fourth-order valence-corrected chi connectivity index (χ4v) is 4.27. The van der Waals surface area contributed by atoms with Gasteiger partial charge >= 0.3 is 0 Å². The topological polar surface area (TPSA) is 79.3 Å². The zero-order chi connectivity index (χ0) is 25.4. The van der Waals surface area contributed by atoms with Crippen molar-refractivity contribution in [3.05, 3.63) is 65.2 Å². The summed E-state index contributed by atoms with van der Waals surface area (Å²) < 4.78 is 11.3. The number of ketones is 1. The quantitative estimate of drug-likeness (QED) is 0.271. The van der Waals surface area contributed by atoms with Gasteiger partial charge in [-0.3, -0.25) is 9.59 Å². The molecule has 0 bridgehead atoms. The number of likely N-dealkylation sites (N-methyl/N-ethyl adjacent to an activating group) is 1. The molecule has 1 aliphatic heterocycles. The molecule has 1 heterocycles. The van der Waals surface area contributed by atoms with Gasteiger partial charge in [0.15, 0.2) is 0 Å². The van der Waals surface area contributed by atoms with Crippen molar-refractivity contribution in [2.75, 3.05) is 39.4 Å². The summed E-state index contributed by atoms with van der Waals surface area (Å²) in [6, 6.07) is 13.6. The van der Waals surface area contributed by atoms with Crippen LogP contribution in [0.5, 0.6) is 11.5 Å². The highest BCUT2D eigenvalue weighted by Crippen LogP contribution is 2.40. The van der Waals surface area contributed by atoms with Crippen LogP contribution in [-0.4, -0.2) is 66.0 Å². The third-order valence-electron chi connectivity index (χ3n) is 6.18. The molecule has 188 valence electrons. The summed E-state index contributed by atoms with van der Waals surface area (Å²) in [4.78, 5) is 30.2. The van der Waals surface area contributed by atoms with Gasteiger partial charge in [0.25, 0.3) is 11.7 Å². The van der Waals surface area contributed by atoms with Crippen molar-refractivity contribution in [2.45, 2.75) is 40.2 Å². The van der Waals surface area contributed by atoms with Gasteiger partial charge in [-0.05, 0) is 68.4 Å². The fraction of sp³-hybridized carbons (Fsp3) is 0.429. The van der Waals surface area contributed by atoms with Crippen LogP contribution in [0, 0.1) is 0 Å². The van der Waals surface area contributed by atoms with E-state index in [0.29, 0.717) is 43.4 Å². The molecule has 3 rings (SSSR count). The van der Waals surface area contributed by atoms with Gasteiger partial charge in [-0.25, -0.2) is 0 Å². The highest BCUT2D eigenvalue weighted by Gasteiger charge is 2.46. The van der Waals surface area contributed by atoms with E-state index >= 15 is 0 Å². The van der Waals surface area contributed by atoms with Crippen LogP contribution in [0.3, 0.4) is 0 Å². The molecule has 1 atom stereocenters. The van der Waals surface area contributed by atoms with Crippen LogP contribution in [0.15, 0.2) is 54.1 Å². The third-order valence-corrected chi connectivity index (χ3v) is 6.18. The monoisotopic (exact) mass is 480 g/mol. The SMILES string of the molecule is CCCOc1cccc([C@@H]2C(=C(O)c3ccc(OCC)cc3)C(=O)C(=O)N2CCN(CC)CC)c1. The number of carbonyl (C=O) groups is 2. The van der Waals surface area contributed by atoms with Crippen LogP contribution >= 0.6 is 0 Å². The number of aliphatic hydroxyl groups excluding tert-OH is 1. The zero-order valence-electron chi connectivity index (χ0n) is 21.1. The lowest BCUT2D eigenvalue weighted by Crippen LogP contribution is -2.38. The Morgan fingerprint density at radius 1 is 0.971 bits per heavy atom. The molecule has 2 aromatic rings. The average Bonchev–Trinajstić information content (AvgIpc) is 3.13. The molecular weight excluding hydrogens is 444 g/mol. The van der Waals surface area contributed by atoms with Gasteiger partial charge in [-0.2, -0.15) is 0 Å². The fourth-order valence-electron chi connectivity index (χ4n) is 4.27. The molecule has 1 amide bonds. The first-order valence-corrected chi connectivity index (χ1v) is 12.4. The molecule has 2 aromatic carbocycles. The Morgan fingerprint density at radius 2 is 1.69 bits per heavy atom. The molecular formula is C28H36N2O5. The Hall–Kier alpha value is -3.32. The number of ether oxygens (including phenoxy) is 2. The lowest BCUT2D eigenvalue weighted by atomic mass is 9.95. The second kappa shape index (κ2) is 12.4. The minimum Gasteiger partial charge on any atom is -0.507 e. The number of amides is 1. The predicted octanol–water partition coefficient (Wildman–Crippen LogP) is 4.64. The van der Waals surface area contributed by atoms with Gasteiger partial charge in [0, 0.05) is 18.7 Å². The first kappa shape index (κ1) is 26.3. The molecule has 0 aliphatic carbocycles. The smallest absolute Gasteiger partial charge is 0.295 e. The first-order chi connectivity index (χ1) is 16.9. The van der Waals surface area contributed by atoms with Crippen molar-refractivity contribution in [2.24, 2.45) is 0 Å².